The number of nitrogens with two attached hydrogens (primary N) is 1. The summed E-state index contributed by atoms with van der Waals surface area (Å²) in [6.45, 7) is 0.438. The molecule has 0 spiro atoms. The zero-order chi connectivity index (χ0) is 12.1. The quantitative estimate of drug-likeness (QED) is 0.863. The summed E-state index contributed by atoms with van der Waals surface area (Å²) in [6.07, 6.45) is 2.31. The van der Waals surface area contributed by atoms with Crippen LogP contribution >= 0.6 is 0 Å². The molecule has 1 aromatic carbocycles. The van der Waals surface area contributed by atoms with Crippen molar-refractivity contribution >= 4 is 0 Å². The van der Waals surface area contributed by atoms with Gasteiger partial charge in [0.2, 0.25) is 0 Å². The van der Waals surface area contributed by atoms with Crippen LogP contribution in [0.3, 0.4) is 0 Å². The van der Waals surface area contributed by atoms with Crippen LogP contribution < -0.4 is 10.5 Å². The summed E-state index contributed by atoms with van der Waals surface area (Å²) in [5.41, 5.74) is 8.53. The maximum absolute atomic E-state index is 5.55. The summed E-state index contributed by atoms with van der Waals surface area (Å²) in [4.78, 5) is 8.30. The Kier molecular flexibility index (Phi) is 3.67. The van der Waals surface area contributed by atoms with Gasteiger partial charge < -0.3 is 10.5 Å². The fraction of sp³-hybridized carbons (Fsp3) is 0.231. The number of methoxy groups -OCH3 is 1. The van der Waals surface area contributed by atoms with Crippen molar-refractivity contribution < 1.29 is 4.74 Å². The molecular formula is C13H15N3O. The van der Waals surface area contributed by atoms with Gasteiger partial charge in [-0.25, -0.2) is 9.97 Å². The Bertz CT molecular complexity index is 454. The Balaban J connectivity index is 2.18. The van der Waals surface area contributed by atoms with Gasteiger partial charge in [0.15, 0.2) is 0 Å². The molecule has 0 radical (unpaired) electrons. The largest absolute Gasteiger partial charge is 0.497 e. The van der Waals surface area contributed by atoms with Crippen LogP contribution in [0.25, 0.3) is 0 Å². The molecule has 4 nitrogen and oxygen atoms in total. The molecule has 4 heteroatoms. The van der Waals surface area contributed by atoms with Gasteiger partial charge in [0.05, 0.1) is 12.8 Å². The molecule has 0 aliphatic heterocycles. The monoisotopic (exact) mass is 229 g/mol. The average Bonchev–Trinajstić information content (AvgIpc) is 2.39. The topological polar surface area (TPSA) is 61.0 Å². The van der Waals surface area contributed by atoms with Crippen molar-refractivity contribution in [3.63, 3.8) is 0 Å². The smallest absolute Gasteiger partial charge is 0.119 e. The molecule has 17 heavy (non-hydrogen) atoms. The lowest BCUT2D eigenvalue weighted by Gasteiger charge is -2.05. The third-order valence-electron chi connectivity index (χ3n) is 2.51. The molecule has 0 bridgehead atoms. The maximum atomic E-state index is 5.55. The van der Waals surface area contributed by atoms with Crippen molar-refractivity contribution in [1.82, 2.24) is 9.97 Å². The van der Waals surface area contributed by atoms with E-state index in [1.54, 1.807) is 13.4 Å². The second-order valence-corrected chi connectivity index (χ2v) is 3.73. The lowest BCUT2D eigenvalue weighted by atomic mass is 10.1. The molecule has 0 aliphatic carbocycles. The second-order valence-electron chi connectivity index (χ2n) is 3.73. The SMILES string of the molecule is COc1cccc(Cc2cc(CN)ncn2)c1. The van der Waals surface area contributed by atoms with Gasteiger partial charge in [-0.2, -0.15) is 0 Å². The van der Waals surface area contributed by atoms with Gasteiger partial charge in [0, 0.05) is 18.7 Å². The van der Waals surface area contributed by atoms with Gasteiger partial charge in [-0.3, -0.25) is 0 Å². The molecule has 1 aromatic heterocycles. The average molecular weight is 229 g/mol. The fourth-order valence-electron chi connectivity index (χ4n) is 1.64. The number of hydrogen-bond acceptors (Lipinski definition) is 4. The van der Waals surface area contributed by atoms with Gasteiger partial charge in [0.1, 0.15) is 12.1 Å². The van der Waals surface area contributed by atoms with E-state index >= 15 is 0 Å². The Morgan fingerprint density at radius 2 is 2.00 bits per heavy atom. The van der Waals surface area contributed by atoms with Crippen molar-refractivity contribution in [2.24, 2.45) is 5.73 Å². The van der Waals surface area contributed by atoms with Crippen molar-refractivity contribution in [2.45, 2.75) is 13.0 Å². The fourth-order valence-corrected chi connectivity index (χ4v) is 1.64. The number of hydrogen-bond donors (Lipinski definition) is 1. The summed E-state index contributed by atoms with van der Waals surface area (Å²) >= 11 is 0. The third-order valence-corrected chi connectivity index (χ3v) is 2.51. The summed E-state index contributed by atoms with van der Waals surface area (Å²) in [5.74, 6) is 0.857. The predicted molar refractivity (Wildman–Crippen MR) is 65.7 cm³/mol. The van der Waals surface area contributed by atoms with Crippen LogP contribution in [0, 0.1) is 0 Å². The van der Waals surface area contributed by atoms with Gasteiger partial charge in [-0.1, -0.05) is 12.1 Å². The Morgan fingerprint density at radius 1 is 1.18 bits per heavy atom. The van der Waals surface area contributed by atoms with Crippen molar-refractivity contribution in [3.05, 3.63) is 53.6 Å². The van der Waals surface area contributed by atoms with E-state index in [1.165, 1.54) is 0 Å². The Labute approximate surface area is 100 Å². The number of aromatic nitrogens is 2. The summed E-state index contributed by atoms with van der Waals surface area (Å²) in [6, 6.07) is 9.88. The molecule has 0 aliphatic rings. The summed E-state index contributed by atoms with van der Waals surface area (Å²) in [7, 11) is 1.66. The minimum absolute atomic E-state index is 0.438. The molecule has 1 heterocycles. The van der Waals surface area contributed by atoms with Crippen LogP contribution in [0.15, 0.2) is 36.7 Å². The van der Waals surface area contributed by atoms with Crippen molar-refractivity contribution in [2.75, 3.05) is 7.11 Å². The maximum Gasteiger partial charge on any atom is 0.119 e. The van der Waals surface area contributed by atoms with Gasteiger partial charge in [-0.05, 0) is 23.8 Å². The normalized spacial score (nSPS) is 10.2. The first-order valence-electron chi connectivity index (χ1n) is 5.44. The lowest BCUT2D eigenvalue weighted by Crippen LogP contribution is -2.02. The number of benzene rings is 1. The van der Waals surface area contributed by atoms with E-state index in [-0.39, 0.29) is 0 Å². The zero-order valence-corrected chi connectivity index (χ0v) is 9.76. The van der Waals surface area contributed by atoms with Crippen molar-refractivity contribution in [1.29, 1.82) is 0 Å². The molecule has 88 valence electrons. The molecule has 2 aromatic rings. The van der Waals surface area contributed by atoms with Crippen LogP contribution in [-0.4, -0.2) is 17.1 Å². The molecule has 2 N–H and O–H groups in total. The van der Waals surface area contributed by atoms with Crippen molar-refractivity contribution in [3.8, 4) is 5.75 Å². The van der Waals surface area contributed by atoms with Crippen LogP contribution in [0.1, 0.15) is 17.0 Å². The second kappa shape index (κ2) is 5.41. The molecule has 0 saturated carbocycles. The Hall–Kier alpha value is -1.94. The molecule has 2 rings (SSSR count). The highest BCUT2D eigenvalue weighted by atomic mass is 16.5. The first kappa shape index (κ1) is 11.5. The first-order valence-corrected chi connectivity index (χ1v) is 5.44. The molecular weight excluding hydrogens is 214 g/mol. The standard InChI is InChI=1S/C13H15N3O/c1-17-13-4-2-3-10(6-13)5-11-7-12(8-14)16-9-15-11/h2-4,6-7,9H,5,8,14H2,1H3. The van der Waals surface area contributed by atoms with E-state index in [9.17, 15) is 0 Å². The van der Waals surface area contributed by atoms with E-state index in [0.29, 0.717) is 6.54 Å². The number of ether oxygens (including phenoxy) is 1. The van der Waals surface area contributed by atoms with Crippen LogP contribution in [0.5, 0.6) is 5.75 Å². The molecule has 0 atom stereocenters. The summed E-state index contributed by atoms with van der Waals surface area (Å²) < 4.78 is 5.18. The third kappa shape index (κ3) is 3.01. The minimum Gasteiger partial charge on any atom is -0.497 e. The van der Waals surface area contributed by atoms with Crippen LogP contribution in [0.2, 0.25) is 0 Å². The van der Waals surface area contributed by atoms with E-state index in [2.05, 4.69) is 9.97 Å². The number of rotatable bonds is 4. The van der Waals surface area contributed by atoms with Crippen LogP contribution in [-0.2, 0) is 13.0 Å². The van der Waals surface area contributed by atoms with E-state index in [4.69, 9.17) is 10.5 Å². The van der Waals surface area contributed by atoms with Crippen LogP contribution in [0.4, 0.5) is 0 Å². The number of nitrogens with zero attached hydrogens (tertiary/aromatic N) is 2. The minimum atomic E-state index is 0.438. The molecule has 0 amide bonds. The van der Waals surface area contributed by atoms with E-state index < -0.39 is 0 Å². The van der Waals surface area contributed by atoms with E-state index in [1.807, 2.05) is 30.3 Å². The highest BCUT2D eigenvalue weighted by Gasteiger charge is 2.01. The zero-order valence-electron chi connectivity index (χ0n) is 9.76. The lowest BCUT2D eigenvalue weighted by molar-refractivity contribution is 0.414. The highest BCUT2D eigenvalue weighted by molar-refractivity contribution is 5.31. The molecule has 0 unspecified atom stereocenters. The van der Waals surface area contributed by atoms with E-state index in [0.717, 1.165) is 29.1 Å². The van der Waals surface area contributed by atoms with Gasteiger partial charge >= 0.3 is 0 Å². The summed E-state index contributed by atoms with van der Waals surface area (Å²) in [5, 5.41) is 0. The van der Waals surface area contributed by atoms with Gasteiger partial charge in [0.25, 0.3) is 0 Å². The highest BCUT2D eigenvalue weighted by Crippen LogP contribution is 2.15. The first-order chi connectivity index (χ1) is 8.31. The van der Waals surface area contributed by atoms with Gasteiger partial charge in [-0.15, -0.1) is 0 Å². The molecule has 0 fully saturated rings. The molecule has 0 saturated heterocycles. The predicted octanol–water partition coefficient (Wildman–Crippen LogP) is 1.53. The Morgan fingerprint density at radius 3 is 2.76 bits per heavy atom.